The molecule has 0 radical (unpaired) electrons. The first kappa shape index (κ1) is 24.5. The van der Waals surface area contributed by atoms with Crippen molar-refractivity contribution in [2.75, 3.05) is 19.0 Å². The second kappa shape index (κ2) is 10.7. The van der Waals surface area contributed by atoms with Crippen LogP contribution in [-0.2, 0) is 20.7 Å². The lowest BCUT2D eigenvalue weighted by Gasteiger charge is -2.11. The van der Waals surface area contributed by atoms with Crippen LogP contribution in [0, 0.1) is 20.8 Å². The van der Waals surface area contributed by atoms with Crippen LogP contribution in [0.5, 0.6) is 5.75 Å². The normalized spacial score (nSPS) is 10.6. The average molecular weight is 466 g/mol. The third-order valence-corrected chi connectivity index (χ3v) is 5.54. The molecule has 0 spiro atoms. The van der Waals surface area contributed by atoms with E-state index >= 15 is 0 Å². The molecule has 3 aromatic rings. The Hall–Kier alpha value is -4.14. The predicted molar refractivity (Wildman–Crippen MR) is 126 cm³/mol. The first-order valence-corrected chi connectivity index (χ1v) is 10.6. The van der Waals surface area contributed by atoms with Crippen LogP contribution in [0.4, 0.5) is 10.5 Å². The molecule has 0 unspecified atom stereocenters. The summed E-state index contributed by atoms with van der Waals surface area (Å²) in [5.74, 6) is -0.891. The Bertz CT molecular complexity index is 1310. The summed E-state index contributed by atoms with van der Waals surface area (Å²) in [5, 5.41) is 5.43. The van der Waals surface area contributed by atoms with Crippen LogP contribution in [0.15, 0.2) is 45.6 Å². The maximum Gasteiger partial charge on any atom is 0.339 e. The topological polar surface area (TPSA) is 124 Å². The van der Waals surface area contributed by atoms with Gasteiger partial charge in [-0.1, -0.05) is 12.1 Å². The van der Waals surface area contributed by atoms with Gasteiger partial charge in [-0.2, -0.15) is 0 Å². The van der Waals surface area contributed by atoms with Crippen molar-refractivity contribution in [1.29, 1.82) is 0 Å². The van der Waals surface area contributed by atoms with Crippen LogP contribution in [0.3, 0.4) is 0 Å². The van der Waals surface area contributed by atoms with Crippen LogP contribution in [-0.4, -0.2) is 31.6 Å². The Morgan fingerprint density at radius 1 is 1.03 bits per heavy atom. The number of urea groups is 1. The minimum Gasteiger partial charge on any atom is -0.497 e. The minimum absolute atomic E-state index is 0.0870. The van der Waals surface area contributed by atoms with E-state index < -0.39 is 30.1 Å². The van der Waals surface area contributed by atoms with Crippen molar-refractivity contribution in [2.24, 2.45) is 0 Å². The number of ether oxygens (including phenoxy) is 2. The van der Waals surface area contributed by atoms with E-state index in [0.717, 1.165) is 16.5 Å². The highest BCUT2D eigenvalue weighted by Gasteiger charge is 2.16. The molecule has 9 nitrogen and oxygen atoms in total. The molecule has 0 atom stereocenters. The second-order valence-corrected chi connectivity index (χ2v) is 7.77. The summed E-state index contributed by atoms with van der Waals surface area (Å²) in [4.78, 5) is 48.5. The molecular weight excluding hydrogens is 440 g/mol. The summed E-state index contributed by atoms with van der Waals surface area (Å²) in [6.07, 6.45) is -0.0427. The SMILES string of the molecule is COc1ccc2c(C)c(CCC(=O)OCC(=O)NC(=O)Nc3cccc(C)c3C)c(=O)oc2c1. The van der Waals surface area contributed by atoms with Crippen LogP contribution < -0.4 is 21.0 Å². The maximum atomic E-state index is 12.4. The number of rotatable bonds is 7. The van der Waals surface area contributed by atoms with Gasteiger partial charge in [0, 0.05) is 29.1 Å². The van der Waals surface area contributed by atoms with E-state index in [1.165, 1.54) is 7.11 Å². The summed E-state index contributed by atoms with van der Waals surface area (Å²) in [6, 6.07) is 9.84. The maximum absolute atomic E-state index is 12.4. The lowest BCUT2D eigenvalue weighted by Crippen LogP contribution is -2.37. The van der Waals surface area contributed by atoms with E-state index in [-0.39, 0.29) is 12.8 Å². The lowest BCUT2D eigenvalue weighted by molar-refractivity contribution is -0.148. The van der Waals surface area contributed by atoms with Gasteiger partial charge in [0.1, 0.15) is 11.3 Å². The number of benzene rings is 2. The van der Waals surface area contributed by atoms with Crippen molar-refractivity contribution < 1.29 is 28.3 Å². The fourth-order valence-corrected chi connectivity index (χ4v) is 3.44. The van der Waals surface area contributed by atoms with E-state index in [9.17, 15) is 19.2 Å². The van der Waals surface area contributed by atoms with Crippen molar-refractivity contribution >= 4 is 34.6 Å². The van der Waals surface area contributed by atoms with Crippen molar-refractivity contribution in [1.82, 2.24) is 5.32 Å². The number of anilines is 1. The van der Waals surface area contributed by atoms with Gasteiger partial charge in [-0.25, -0.2) is 9.59 Å². The molecule has 0 aliphatic carbocycles. The third kappa shape index (κ3) is 5.80. The largest absolute Gasteiger partial charge is 0.497 e. The van der Waals surface area contributed by atoms with Gasteiger partial charge in [0.2, 0.25) is 0 Å². The molecule has 34 heavy (non-hydrogen) atoms. The van der Waals surface area contributed by atoms with Gasteiger partial charge in [-0.15, -0.1) is 0 Å². The molecule has 1 heterocycles. The van der Waals surface area contributed by atoms with E-state index in [4.69, 9.17) is 13.9 Å². The number of esters is 1. The van der Waals surface area contributed by atoms with Gasteiger partial charge in [0.15, 0.2) is 6.61 Å². The van der Waals surface area contributed by atoms with Crippen LogP contribution in [0.25, 0.3) is 11.0 Å². The molecule has 2 aromatic carbocycles. The number of nitrogens with one attached hydrogen (secondary N) is 2. The van der Waals surface area contributed by atoms with E-state index in [1.807, 2.05) is 19.9 Å². The minimum atomic E-state index is -0.772. The molecule has 0 aliphatic rings. The molecule has 3 rings (SSSR count). The third-order valence-electron chi connectivity index (χ3n) is 5.54. The van der Waals surface area contributed by atoms with E-state index in [1.54, 1.807) is 37.3 Å². The van der Waals surface area contributed by atoms with Crippen molar-refractivity contribution in [3.63, 3.8) is 0 Å². The fraction of sp³-hybridized carbons (Fsp3) is 0.280. The first-order valence-electron chi connectivity index (χ1n) is 10.6. The van der Waals surface area contributed by atoms with Crippen LogP contribution >= 0.6 is 0 Å². The molecule has 1 aromatic heterocycles. The van der Waals surface area contributed by atoms with Crippen molar-refractivity contribution in [2.45, 2.75) is 33.6 Å². The average Bonchev–Trinajstić information content (AvgIpc) is 2.80. The standard InChI is InChI=1S/C25H26N2O7/c1-14-6-5-7-20(15(14)2)26-25(31)27-22(28)13-33-23(29)11-10-19-16(3)18-9-8-17(32-4)12-21(18)34-24(19)30/h5-9,12H,10-11,13H2,1-4H3,(H2,26,27,28,31). The number of carbonyl (C=O) groups excluding carboxylic acids is 3. The lowest BCUT2D eigenvalue weighted by atomic mass is 10.0. The number of amides is 3. The first-order chi connectivity index (χ1) is 16.2. The zero-order chi connectivity index (χ0) is 24.8. The van der Waals surface area contributed by atoms with Crippen molar-refractivity contribution in [3.05, 3.63) is 69.1 Å². The highest BCUT2D eigenvalue weighted by Crippen LogP contribution is 2.24. The van der Waals surface area contributed by atoms with Gasteiger partial charge in [-0.05, 0) is 62.1 Å². The predicted octanol–water partition coefficient (Wildman–Crippen LogP) is 3.55. The Morgan fingerprint density at radius 3 is 2.53 bits per heavy atom. The second-order valence-electron chi connectivity index (χ2n) is 7.77. The molecule has 3 amide bonds. The number of hydrogen-bond donors (Lipinski definition) is 2. The molecule has 178 valence electrons. The Kier molecular flexibility index (Phi) is 7.68. The summed E-state index contributed by atoms with van der Waals surface area (Å²) < 4.78 is 15.4. The zero-order valence-electron chi connectivity index (χ0n) is 19.4. The van der Waals surface area contributed by atoms with Gasteiger partial charge in [-0.3, -0.25) is 14.9 Å². The smallest absolute Gasteiger partial charge is 0.339 e. The van der Waals surface area contributed by atoms with E-state index in [2.05, 4.69) is 10.6 Å². The Labute approximate surface area is 196 Å². The summed E-state index contributed by atoms with van der Waals surface area (Å²) in [6.45, 7) is 4.91. The number of aryl methyl sites for hydroxylation is 2. The molecule has 0 saturated carbocycles. The quantitative estimate of drug-likeness (QED) is 0.403. The highest BCUT2D eigenvalue weighted by molar-refractivity contribution is 6.02. The molecule has 9 heteroatoms. The highest BCUT2D eigenvalue weighted by atomic mass is 16.5. The molecule has 0 saturated heterocycles. The monoisotopic (exact) mass is 466 g/mol. The molecule has 0 fully saturated rings. The van der Waals surface area contributed by atoms with Gasteiger partial charge < -0.3 is 19.2 Å². The number of imide groups is 1. The summed E-state index contributed by atoms with van der Waals surface area (Å²) in [5.41, 5.74) is 3.34. The number of methoxy groups -OCH3 is 1. The molecular formula is C25H26N2O7. The number of fused-ring (bicyclic) bond motifs is 1. The fourth-order valence-electron chi connectivity index (χ4n) is 3.44. The van der Waals surface area contributed by atoms with Crippen LogP contribution in [0.1, 0.15) is 28.7 Å². The Balaban J connectivity index is 1.52. The summed E-state index contributed by atoms with van der Waals surface area (Å²) >= 11 is 0. The van der Waals surface area contributed by atoms with Crippen molar-refractivity contribution in [3.8, 4) is 5.75 Å². The van der Waals surface area contributed by atoms with Gasteiger partial charge in [0.25, 0.3) is 5.91 Å². The van der Waals surface area contributed by atoms with Gasteiger partial charge in [0.05, 0.1) is 7.11 Å². The van der Waals surface area contributed by atoms with Crippen LogP contribution in [0.2, 0.25) is 0 Å². The molecule has 0 bridgehead atoms. The molecule has 0 aliphatic heterocycles. The summed E-state index contributed by atoms with van der Waals surface area (Å²) in [7, 11) is 1.52. The zero-order valence-corrected chi connectivity index (χ0v) is 19.4. The number of hydrogen-bond acceptors (Lipinski definition) is 7. The Morgan fingerprint density at radius 2 is 1.79 bits per heavy atom. The molecule has 2 N–H and O–H groups in total. The number of carbonyl (C=O) groups is 3. The van der Waals surface area contributed by atoms with E-state index in [0.29, 0.717) is 28.1 Å². The van der Waals surface area contributed by atoms with Gasteiger partial charge >= 0.3 is 17.6 Å².